The second kappa shape index (κ2) is 5.38. The molecule has 0 aliphatic heterocycles. The quantitative estimate of drug-likeness (QED) is 0.587. The van der Waals surface area contributed by atoms with Crippen LogP contribution in [0.1, 0.15) is 18.9 Å². The number of alkyl halides is 1. The van der Waals surface area contributed by atoms with Crippen LogP contribution in [0.25, 0.3) is 21.8 Å². The molecule has 3 rings (SSSR count). The van der Waals surface area contributed by atoms with Gasteiger partial charge in [-0.1, -0.05) is 40.2 Å². The van der Waals surface area contributed by atoms with Gasteiger partial charge in [-0.05, 0) is 43.5 Å². The highest BCUT2D eigenvalue weighted by atomic mass is 79.9. The van der Waals surface area contributed by atoms with Gasteiger partial charge >= 0.3 is 0 Å². The Morgan fingerprint density at radius 2 is 1.79 bits per heavy atom. The zero-order valence-electron chi connectivity index (χ0n) is 11.2. The van der Waals surface area contributed by atoms with E-state index in [4.69, 9.17) is 0 Å². The highest BCUT2D eigenvalue weighted by Gasteiger charge is 2.09. The number of aryl methyl sites for hydroxylation is 2. The molecule has 2 heteroatoms. The molecule has 0 fully saturated rings. The summed E-state index contributed by atoms with van der Waals surface area (Å²) in [6.07, 6.45) is 2.34. The van der Waals surface area contributed by atoms with E-state index in [9.17, 15) is 0 Å². The van der Waals surface area contributed by atoms with Crippen LogP contribution in [0.3, 0.4) is 0 Å². The lowest BCUT2D eigenvalue weighted by molar-refractivity contribution is 0.827. The van der Waals surface area contributed by atoms with Crippen LogP contribution in [0.2, 0.25) is 0 Å². The van der Waals surface area contributed by atoms with Crippen molar-refractivity contribution >= 4 is 37.7 Å². The predicted molar refractivity (Wildman–Crippen MR) is 87.2 cm³/mol. The number of para-hydroxylation sites is 1. The topological polar surface area (TPSA) is 4.93 Å². The molecule has 0 saturated carbocycles. The van der Waals surface area contributed by atoms with Crippen LogP contribution in [0.15, 0.2) is 42.5 Å². The lowest BCUT2D eigenvalue weighted by Gasteiger charge is -2.04. The number of rotatable bonds is 4. The molecule has 2 aromatic carbocycles. The third-order valence-corrected chi connectivity index (χ3v) is 4.31. The molecule has 0 spiro atoms. The summed E-state index contributed by atoms with van der Waals surface area (Å²) in [6, 6.07) is 15.6. The molecule has 1 nitrogen and oxygen atoms in total. The molecule has 0 bridgehead atoms. The van der Waals surface area contributed by atoms with E-state index in [0.717, 1.165) is 18.3 Å². The van der Waals surface area contributed by atoms with Crippen LogP contribution < -0.4 is 0 Å². The SMILES string of the molecule is CCn1c2ccccc2c2cc(CCCBr)ccc21. The molecule has 0 atom stereocenters. The van der Waals surface area contributed by atoms with E-state index in [1.807, 2.05) is 0 Å². The van der Waals surface area contributed by atoms with Gasteiger partial charge in [0.2, 0.25) is 0 Å². The molecule has 19 heavy (non-hydrogen) atoms. The van der Waals surface area contributed by atoms with Crippen molar-refractivity contribution in [3.63, 3.8) is 0 Å². The number of fused-ring (bicyclic) bond motifs is 3. The summed E-state index contributed by atoms with van der Waals surface area (Å²) in [5.74, 6) is 0. The number of halogens is 1. The molecule has 0 saturated heterocycles. The van der Waals surface area contributed by atoms with Crippen molar-refractivity contribution in [2.75, 3.05) is 5.33 Å². The van der Waals surface area contributed by atoms with Crippen molar-refractivity contribution in [3.8, 4) is 0 Å². The van der Waals surface area contributed by atoms with Gasteiger partial charge in [-0.2, -0.15) is 0 Å². The van der Waals surface area contributed by atoms with Crippen LogP contribution in [0, 0.1) is 0 Å². The van der Waals surface area contributed by atoms with E-state index >= 15 is 0 Å². The largest absolute Gasteiger partial charge is 0.341 e. The van der Waals surface area contributed by atoms with Crippen LogP contribution in [-0.2, 0) is 13.0 Å². The number of hydrogen-bond acceptors (Lipinski definition) is 0. The molecule has 0 aliphatic carbocycles. The minimum absolute atomic E-state index is 1.02. The average molecular weight is 316 g/mol. The highest BCUT2D eigenvalue weighted by molar-refractivity contribution is 9.09. The number of nitrogens with zero attached hydrogens (tertiary/aromatic N) is 1. The summed E-state index contributed by atoms with van der Waals surface area (Å²) in [5, 5.41) is 3.84. The highest BCUT2D eigenvalue weighted by Crippen LogP contribution is 2.29. The van der Waals surface area contributed by atoms with Gasteiger partial charge in [-0.3, -0.25) is 0 Å². The van der Waals surface area contributed by atoms with Gasteiger partial charge in [0.05, 0.1) is 0 Å². The van der Waals surface area contributed by atoms with E-state index < -0.39 is 0 Å². The minimum Gasteiger partial charge on any atom is -0.341 e. The third kappa shape index (κ3) is 2.18. The van der Waals surface area contributed by atoms with Gasteiger partial charge in [0.15, 0.2) is 0 Å². The fourth-order valence-corrected chi connectivity index (χ4v) is 3.15. The molecule has 98 valence electrons. The minimum atomic E-state index is 1.02. The van der Waals surface area contributed by atoms with Gasteiger partial charge in [0.25, 0.3) is 0 Å². The van der Waals surface area contributed by atoms with E-state index in [1.54, 1.807) is 0 Å². The monoisotopic (exact) mass is 315 g/mol. The predicted octanol–water partition coefficient (Wildman–Crippen LogP) is 5.14. The molecule has 1 aromatic heterocycles. The summed E-state index contributed by atoms with van der Waals surface area (Å²) < 4.78 is 2.40. The number of aromatic nitrogens is 1. The fraction of sp³-hybridized carbons (Fsp3) is 0.294. The molecule has 0 N–H and O–H groups in total. The first-order valence-corrected chi connectivity index (χ1v) is 8.03. The Bertz CT molecular complexity index is 712. The normalized spacial score (nSPS) is 11.5. The van der Waals surface area contributed by atoms with Gasteiger partial charge in [0.1, 0.15) is 0 Å². The molecule has 0 amide bonds. The van der Waals surface area contributed by atoms with E-state index in [1.165, 1.54) is 33.8 Å². The zero-order valence-corrected chi connectivity index (χ0v) is 12.8. The standard InChI is InChI=1S/C17H18BrN/c1-2-19-16-8-4-3-7-14(16)15-12-13(6-5-11-18)9-10-17(15)19/h3-4,7-10,12H,2,5-6,11H2,1H3. The first-order chi connectivity index (χ1) is 9.35. The first-order valence-electron chi connectivity index (χ1n) is 6.91. The average Bonchev–Trinajstić information content (AvgIpc) is 2.78. The molecule has 0 unspecified atom stereocenters. The maximum atomic E-state index is 3.51. The van der Waals surface area contributed by atoms with Crippen molar-refractivity contribution in [1.29, 1.82) is 0 Å². The molecule has 3 aromatic rings. The van der Waals surface area contributed by atoms with E-state index in [-0.39, 0.29) is 0 Å². The molecule has 0 radical (unpaired) electrons. The van der Waals surface area contributed by atoms with Crippen molar-refractivity contribution in [2.45, 2.75) is 26.3 Å². The van der Waals surface area contributed by atoms with Crippen LogP contribution in [-0.4, -0.2) is 9.90 Å². The summed E-state index contributed by atoms with van der Waals surface area (Å²) >= 11 is 3.51. The van der Waals surface area contributed by atoms with Crippen LogP contribution in [0.4, 0.5) is 0 Å². The Hall–Kier alpha value is -1.28. The summed E-state index contributed by atoms with van der Waals surface area (Å²) in [5.41, 5.74) is 4.13. The number of benzene rings is 2. The van der Waals surface area contributed by atoms with Gasteiger partial charge < -0.3 is 4.57 Å². The maximum absolute atomic E-state index is 3.51. The summed E-state index contributed by atoms with van der Waals surface area (Å²) in [6.45, 7) is 3.23. The fourth-order valence-electron chi connectivity index (χ4n) is 2.87. The van der Waals surface area contributed by atoms with E-state index in [0.29, 0.717) is 0 Å². The summed E-state index contributed by atoms with van der Waals surface area (Å²) in [4.78, 5) is 0. The molecular weight excluding hydrogens is 298 g/mol. The van der Waals surface area contributed by atoms with Gasteiger partial charge in [-0.15, -0.1) is 0 Å². The Labute approximate surface area is 122 Å². The lowest BCUT2D eigenvalue weighted by Crippen LogP contribution is -1.93. The first kappa shape index (κ1) is 12.7. The second-order valence-electron chi connectivity index (χ2n) is 4.91. The van der Waals surface area contributed by atoms with E-state index in [2.05, 4.69) is 69.9 Å². The Morgan fingerprint density at radius 3 is 2.58 bits per heavy atom. The zero-order chi connectivity index (χ0) is 13.2. The molecule has 1 heterocycles. The molecular formula is C17H18BrN. The second-order valence-corrected chi connectivity index (χ2v) is 5.70. The van der Waals surface area contributed by atoms with Crippen molar-refractivity contribution in [3.05, 3.63) is 48.0 Å². The smallest absolute Gasteiger partial charge is 0.0491 e. The van der Waals surface area contributed by atoms with Crippen molar-refractivity contribution in [1.82, 2.24) is 4.57 Å². The van der Waals surface area contributed by atoms with Gasteiger partial charge in [0, 0.05) is 33.7 Å². The van der Waals surface area contributed by atoms with Crippen molar-refractivity contribution < 1.29 is 0 Å². The Kier molecular flexibility index (Phi) is 3.61. The van der Waals surface area contributed by atoms with Gasteiger partial charge in [-0.25, -0.2) is 0 Å². The Morgan fingerprint density at radius 1 is 1.00 bits per heavy atom. The Balaban J connectivity index is 2.24. The van der Waals surface area contributed by atoms with Crippen LogP contribution in [0.5, 0.6) is 0 Å². The number of hydrogen-bond donors (Lipinski definition) is 0. The molecule has 0 aliphatic rings. The maximum Gasteiger partial charge on any atom is 0.0491 e. The van der Waals surface area contributed by atoms with Crippen LogP contribution >= 0.6 is 15.9 Å². The third-order valence-electron chi connectivity index (χ3n) is 3.75. The van der Waals surface area contributed by atoms with Crippen molar-refractivity contribution in [2.24, 2.45) is 0 Å². The lowest BCUT2D eigenvalue weighted by atomic mass is 10.1. The summed E-state index contributed by atoms with van der Waals surface area (Å²) in [7, 11) is 0.